The van der Waals surface area contributed by atoms with Gasteiger partial charge in [0.05, 0.1) is 11.3 Å². The maximum atomic E-state index is 13.5. The molecule has 0 unspecified atom stereocenters. The number of amides is 3. The number of carbonyl (C=O) groups excluding carboxylic acids is 4. The Morgan fingerprint density at radius 1 is 1.19 bits per heavy atom. The second-order valence-corrected chi connectivity index (χ2v) is 7.70. The maximum absolute atomic E-state index is 13.5. The molecule has 1 fully saturated rings. The van der Waals surface area contributed by atoms with E-state index in [-0.39, 0.29) is 23.0 Å². The zero-order valence-electron chi connectivity index (χ0n) is 17.9. The number of Topliss-reactive ketones (excluding diaryl/α,β-unsaturated/α-hetero) is 1. The first-order valence-electron chi connectivity index (χ1n) is 9.98. The van der Waals surface area contributed by atoms with E-state index in [9.17, 15) is 23.6 Å². The largest absolute Gasteiger partial charge is 0.354 e. The Hall–Kier alpha value is -3.49. The van der Waals surface area contributed by atoms with Crippen molar-refractivity contribution in [2.24, 2.45) is 7.05 Å². The average Bonchev–Trinajstić information content (AvgIpc) is 2.94. The Kier molecular flexibility index (Phi) is 6.24. The summed E-state index contributed by atoms with van der Waals surface area (Å²) in [6, 6.07) is 3.46. The molecule has 0 aliphatic carbocycles. The highest BCUT2D eigenvalue weighted by Gasteiger charge is 2.31. The van der Waals surface area contributed by atoms with Crippen LogP contribution in [-0.2, 0) is 16.6 Å². The van der Waals surface area contributed by atoms with E-state index in [1.807, 2.05) is 0 Å². The minimum absolute atomic E-state index is 0.0756. The first kappa shape index (κ1) is 22.2. The van der Waals surface area contributed by atoms with Crippen molar-refractivity contribution in [3.8, 4) is 0 Å². The summed E-state index contributed by atoms with van der Waals surface area (Å²) in [6.07, 6.45) is 1.17. The van der Waals surface area contributed by atoms with Gasteiger partial charge in [-0.15, -0.1) is 0 Å². The zero-order valence-corrected chi connectivity index (χ0v) is 17.9. The van der Waals surface area contributed by atoms with E-state index in [0.29, 0.717) is 41.9 Å². The lowest BCUT2D eigenvalue weighted by atomic mass is 10.0. The summed E-state index contributed by atoms with van der Waals surface area (Å²) in [4.78, 5) is 50.1. The summed E-state index contributed by atoms with van der Waals surface area (Å²) in [6.45, 7) is 5.39. The van der Waals surface area contributed by atoms with Crippen LogP contribution in [0.4, 0.5) is 10.1 Å². The van der Waals surface area contributed by atoms with Crippen LogP contribution in [0.1, 0.15) is 50.5 Å². The third-order valence-electron chi connectivity index (χ3n) is 5.59. The van der Waals surface area contributed by atoms with Crippen LogP contribution >= 0.6 is 0 Å². The number of rotatable bonds is 5. The van der Waals surface area contributed by atoms with E-state index in [1.165, 1.54) is 22.8 Å². The van der Waals surface area contributed by atoms with Gasteiger partial charge in [-0.3, -0.25) is 19.2 Å². The minimum Gasteiger partial charge on any atom is -0.354 e. The summed E-state index contributed by atoms with van der Waals surface area (Å²) < 4.78 is 15.0. The zero-order chi connectivity index (χ0) is 22.9. The van der Waals surface area contributed by atoms with Gasteiger partial charge in [-0.1, -0.05) is 0 Å². The van der Waals surface area contributed by atoms with E-state index in [0.717, 1.165) is 0 Å². The number of anilines is 1. The quantitative estimate of drug-likeness (QED) is 0.499. The molecule has 2 aromatic rings. The van der Waals surface area contributed by atoms with Crippen molar-refractivity contribution >= 4 is 29.2 Å². The first-order valence-corrected chi connectivity index (χ1v) is 9.98. The molecular formula is C22H25FN4O4. The normalized spacial score (nSPS) is 15.9. The number of piperidine rings is 1. The van der Waals surface area contributed by atoms with Crippen LogP contribution in [0.25, 0.3) is 0 Å². The molecule has 1 aromatic heterocycles. The van der Waals surface area contributed by atoms with Crippen molar-refractivity contribution in [3.05, 3.63) is 52.1 Å². The SMILES string of the molecule is Cc1cc(NC(=O)c2c(C)c(C(=O)C(=O)N[C@@H]3CCCNC3=O)n(C)c2C)ccc1F. The van der Waals surface area contributed by atoms with Gasteiger partial charge in [0, 0.05) is 25.0 Å². The molecule has 0 radical (unpaired) electrons. The molecule has 0 saturated carbocycles. The lowest BCUT2D eigenvalue weighted by Gasteiger charge is -2.22. The molecule has 3 rings (SSSR count). The highest BCUT2D eigenvalue weighted by atomic mass is 19.1. The van der Waals surface area contributed by atoms with E-state index in [4.69, 9.17) is 0 Å². The van der Waals surface area contributed by atoms with Crippen molar-refractivity contribution < 1.29 is 23.6 Å². The Morgan fingerprint density at radius 2 is 1.90 bits per heavy atom. The number of ketones is 1. The number of benzene rings is 1. The molecule has 1 aliphatic heterocycles. The lowest BCUT2D eigenvalue weighted by Crippen LogP contribution is -2.51. The van der Waals surface area contributed by atoms with Gasteiger partial charge in [-0.05, 0) is 62.9 Å². The van der Waals surface area contributed by atoms with Gasteiger partial charge in [-0.2, -0.15) is 0 Å². The molecule has 3 N–H and O–H groups in total. The van der Waals surface area contributed by atoms with Gasteiger partial charge in [0.1, 0.15) is 11.9 Å². The standard InChI is InChI=1S/C22H25FN4O4/c1-11-10-14(7-8-15(11)23)25-21(30)17-12(2)18(27(4)13(17)3)19(28)22(31)26-16-6-5-9-24-20(16)29/h7-8,10,16H,5-6,9H2,1-4H3,(H,24,29)(H,25,30)(H,26,31)/t16-/m1/s1. The molecule has 1 atom stereocenters. The second-order valence-electron chi connectivity index (χ2n) is 7.70. The van der Waals surface area contributed by atoms with Gasteiger partial charge in [0.25, 0.3) is 17.6 Å². The fourth-order valence-electron chi connectivity index (χ4n) is 3.79. The third-order valence-corrected chi connectivity index (χ3v) is 5.59. The molecular weight excluding hydrogens is 403 g/mol. The van der Waals surface area contributed by atoms with Gasteiger partial charge in [-0.25, -0.2) is 4.39 Å². The molecule has 0 bridgehead atoms. The molecule has 1 aromatic carbocycles. The highest BCUT2D eigenvalue weighted by molar-refractivity contribution is 6.43. The number of aryl methyl sites for hydroxylation is 1. The van der Waals surface area contributed by atoms with Crippen LogP contribution in [0.15, 0.2) is 18.2 Å². The number of carbonyl (C=O) groups is 4. The number of nitrogens with one attached hydrogen (secondary N) is 3. The van der Waals surface area contributed by atoms with Gasteiger partial charge in [0.15, 0.2) is 0 Å². The Bertz CT molecular complexity index is 1090. The summed E-state index contributed by atoms with van der Waals surface area (Å²) in [5.41, 5.74) is 1.99. The van der Waals surface area contributed by atoms with Gasteiger partial charge >= 0.3 is 0 Å². The van der Waals surface area contributed by atoms with Crippen molar-refractivity contribution in [3.63, 3.8) is 0 Å². The Labute approximate surface area is 179 Å². The lowest BCUT2D eigenvalue weighted by molar-refractivity contribution is -0.128. The number of hydrogen-bond acceptors (Lipinski definition) is 4. The van der Waals surface area contributed by atoms with Crippen molar-refractivity contribution in [1.29, 1.82) is 0 Å². The number of aromatic nitrogens is 1. The number of halogens is 1. The molecule has 164 valence electrons. The van der Waals surface area contributed by atoms with E-state index >= 15 is 0 Å². The second kappa shape index (κ2) is 8.71. The maximum Gasteiger partial charge on any atom is 0.294 e. The smallest absolute Gasteiger partial charge is 0.294 e. The van der Waals surface area contributed by atoms with Crippen LogP contribution in [0, 0.1) is 26.6 Å². The van der Waals surface area contributed by atoms with Crippen LogP contribution in [0.3, 0.4) is 0 Å². The molecule has 0 spiro atoms. The van der Waals surface area contributed by atoms with Crippen molar-refractivity contribution in [2.45, 2.75) is 39.7 Å². The van der Waals surface area contributed by atoms with Crippen LogP contribution in [-0.4, -0.2) is 40.7 Å². The fourth-order valence-corrected chi connectivity index (χ4v) is 3.79. The van der Waals surface area contributed by atoms with Crippen molar-refractivity contribution in [1.82, 2.24) is 15.2 Å². The molecule has 3 amide bonds. The third kappa shape index (κ3) is 4.35. The molecule has 2 heterocycles. The molecule has 31 heavy (non-hydrogen) atoms. The van der Waals surface area contributed by atoms with Crippen LogP contribution < -0.4 is 16.0 Å². The number of hydrogen-bond donors (Lipinski definition) is 3. The summed E-state index contributed by atoms with van der Waals surface area (Å²) >= 11 is 0. The average molecular weight is 428 g/mol. The van der Waals surface area contributed by atoms with E-state index < -0.39 is 23.6 Å². The highest BCUT2D eigenvalue weighted by Crippen LogP contribution is 2.24. The number of nitrogens with zero attached hydrogens (tertiary/aromatic N) is 1. The topological polar surface area (TPSA) is 109 Å². The minimum atomic E-state index is -0.896. The van der Waals surface area contributed by atoms with Gasteiger partial charge < -0.3 is 20.5 Å². The Balaban J connectivity index is 1.84. The molecule has 1 aliphatic rings. The summed E-state index contributed by atoms with van der Waals surface area (Å²) in [7, 11) is 1.59. The van der Waals surface area contributed by atoms with Crippen LogP contribution in [0.2, 0.25) is 0 Å². The summed E-state index contributed by atoms with van der Waals surface area (Å²) in [5.74, 6) is -2.88. The molecule has 1 saturated heterocycles. The van der Waals surface area contributed by atoms with Crippen LogP contribution in [0.5, 0.6) is 0 Å². The summed E-state index contributed by atoms with van der Waals surface area (Å²) in [5, 5.41) is 7.84. The first-order chi connectivity index (χ1) is 14.6. The predicted octanol–water partition coefficient (Wildman–Crippen LogP) is 1.92. The van der Waals surface area contributed by atoms with Gasteiger partial charge in [0.2, 0.25) is 5.91 Å². The molecule has 9 heteroatoms. The van der Waals surface area contributed by atoms with E-state index in [1.54, 1.807) is 27.8 Å². The molecule has 8 nitrogen and oxygen atoms in total. The predicted molar refractivity (Wildman–Crippen MR) is 112 cm³/mol. The fraction of sp³-hybridized carbons (Fsp3) is 0.364. The Morgan fingerprint density at radius 3 is 2.55 bits per heavy atom. The van der Waals surface area contributed by atoms with Crippen molar-refractivity contribution in [2.75, 3.05) is 11.9 Å². The van der Waals surface area contributed by atoms with E-state index in [2.05, 4.69) is 16.0 Å². The monoisotopic (exact) mass is 428 g/mol.